The molecule has 3 aromatic carbocycles. The van der Waals surface area contributed by atoms with Crippen LogP contribution < -0.4 is 5.73 Å². The summed E-state index contributed by atoms with van der Waals surface area (Å²) >= 11 is 1.55. The highest BCUT2D eigenvalue weighted by Gasteiger charge is 2.13. The zero-order valence-corrected chi connectivity index (χ0v) is 12.5. The molecular weight excluding hydrogens is 281 g/mol. The first-order chi connectivity index (χ1) is 10.1. The normalized spacial score (nSPS) is 12.5. The summed E-state index contributed by atoms with van der Waals surface area (Å²) < 4.78 is 14.0. The molecule has 3 aromatic rings. The van der Waals surface area contributed by atoms with Crippen molar-refractivity contribution in [3.8, 4) is 0 Å². The third-order valence-corrected chi connectivity index (χ3v) is 4.48. The van der Waals surface area contributed by atoms with Crippen molar-refractivity contribution in [2.45, 2.75) is 22.8 Å². The summed E-state index contributed by atoms with van der Waals surface area (Å²) in [5.41, 5.74) is 6.49. The van der Waals surface area contributed by atoms with Crippen LogP contribution in [0.15, 0.2) is 70.5 Å². The molecule has 0 aromatic heterocycles. The fraction of sp³-hybridized carbons (Fsp3) is 0.111. The summed E-state index contributed by atoms with van der Waals surface area (Å²) in [6.45, 7) is 1.81. The summed E-state index contributed by atoms with van der Waals surface area (Å²) in [4.78, 5) is 1.96. The third-order valence-electron chi connectivity index (χ3n) is 3.42. The monoisotopic (exact) mass is 297 g/mol. The molecule has 0 saturated carbocycles. The first-order valence-corrected chi connectivity index (χ1v) is 7.67. The van der Waals surface area contributed by atoms with Gasteiger partial charge in [-0.1, -0.05) is 48.2 Å². The van der Waals surface area contributed by atoms with Crippen LogP contribution >= 0.6 is 11.8 Å². The van der Waals surface area contributed by atoms with Crippen LogP contribution in [0.2, 0.25) is 0 Å². The van der Waals surface area contributed by atoms with Crippen molar-refractivity contribution >= 4 is 22.5 Å². The second-order valence-electron chi connectivity index (χ2n) is 5.05. The largest absolute Gasteiger partial charge is 0.324 e. The maximum absolute atomic E-state index is 14.0. The van der Waals surface area contributed by atoms with Gasteiger partial charge >= 0.3 is 0 Å². The quantitative estimate of drug-likeness (QED) is 0.723. The molecule has 0 aliphatic rings. The summed E-state index contributed by atoms with van der Waals surface area (Å²) in [6.07, 6.45) is 0. The number of hydrogen-bond acceptors (Lipinski definition) is 2. The number of hydrogen-bond donors (Lipinski definition) is 1. The molecule has 0 unspecified atom stereocenters. The Bertz CT molecular complexity index is 783. The van der Waals surface area contributed by atoms with Gasteiger partial charge in [-0.25, -0.2) is 4.39 Å². The minimum absolute atomic E-state index is 0.240. The molecule has 0 fully saturated rings. The van der Waals surface area contributed by atoms with Crippen LogP contribution in [0, 0.1) is 5.82 Å². The second kappa shape index (κ2) is 5.88. The van der Waals surface area contributed by atoms with Gasteiger partial charge in [0.15, 0.2) is 0 Å². The second-order valence-corrected chi connectivity index (χ2v) is 6.17. The Hall–Kier alpha value is -1.84. The van der Waals surface area contributed by atoms with E-state index in [0.29, 0.717) is 5.56 Å². The van der Waals surface area contributed by atoms with E-state index in [1.54, 1.807) is 17.8 Å². The maximum atomic E-state index is 14.0. The number of rotatable bonds is 3. The lowest BCUT2D eigenvalue weighted by Crippen LogP contribution is -2.08. The minimum Gasteiger partial charge on any atom is -0.324 e. The fourth-order valence-electron chi connectivity index (χ4n) is 2.41. The van der Waals surface area contributed by atoms with Gasteiger partial charge in [-0.05, 0) is 42.0 Å². The number of nitrogens with two attached hydrogens (primary N) is 1. The van der Waals surface area contributed by atoms with Crippen LogP contribution in [0.4, 0.5) is 4.39 Å². The van der Waals surface area contributed by atoms with Gasteiger partial charge in [0.1, 0.15) is 5.82 Å². The Kier molecular flexibility index (Phi) is 3.95. The predicted molar refractivity (Wildman–Crippen MR) is 87.1 cm³/mol. The van der Waals surface area contributed by atoms with Crippen LogP contribution in [0.1, 0.15) is 18.5 Å². The van der Waals surface area contributed by atoms with Crippen LogP contribution in [0.25, 0.3) is 10.8 Å². The first kappa shape index (κ1) is 14.1. The van der Waals surface area contributed by atoms with E-state index in [2.05, 4.69) is 30.3 Å². The molecule has 0 amide bonds. The van der Waals surface area contributed by atoms with Crippen LogP contribution in [-0.2, 0) is 0 Å². The third kappa shape index (κ3) is 2.94. The van der Waals surface area contributed by atoms with Crippen molar-refractivity contribution < 1.29 is 4.39 Å². The van der Waals surface area contributed by atoms with Gasteiger partial charge in [-0.15, -0.1) is 0 Å². The fourth-order valence-corrected chi connectivity index (χ4v) is 3.52. The van der Waals surface area contributed by atoms with Crippen LogP contribution in [0.5, 0.6) is 0 Å². The molecule has 2 N–H and O–H groups in total. The predicted octanol–water partition coefficient (Wildman–Crippen LogP) is 5.15. The van der Waals surface area contributed by atoms with E-state index >= 15 is 0 Å². The van der Waals surface area contributed by atoms with Gasteiger partial charge in [-0.2, -0.15) is 0 Å². The van der Waals surface area contributed by atoms with Crippen molar-refractivity contribution in [2.24, 2.45) is 5.73 Å². The summed E-state index contributed by atoms with van der Waals surface area (Å²) in [6, 6.07) is 19.3. The summed E-state index contributed by atoms with van der Waals surface area (Å²) in [5.74, 6) is -0.240. The van der Waals surface area contributed by atoms with Crippen molar-refractivity contribution in [3.63, 3.8) is 0 Å². The Morgan fingerprint density at radius 3 is 2.48 bits per heavy atom. The van der Waals surface area contributed by atoms with E-state index in [-0.39, 0.29) is 11.9 Å². The Labute approximate surface area is 128 Å². The maximum Gasteiger partial charge on any atom is 0.129 e. The number of fused-ring (bicyclic) bond motifs is 1. The van der Waals surface area contributed by atoms with Crippen molar-refractivity contribution in [1.29, 1.82) is 0 Å². The molecule has 0 bridgehead atoms. The number of halogens is 1. The van der Waals surface area contributed by atoms with Crippen LogP contribution in [0.3, 0.4) is 0 Å². The van der Waals surface area contributed by atoms with Gasteiger partial charge in [0, 0.05) is 21.4 Å². The molecular formula is C18H16FNS. The van der Waals surface area contributed by atoms with Gasteiger partial charge < -0.3 is 5.73 Å². The summed E-state index contributed by atoms with van der Waals surface area (Å²) in [5, 5.41) is 2.38. The standard InChI is InChI=1S/C18H16FNS/c1-12(20)18-16(19)7-4-8-17(18)21-15-10-9-13-5-2-3-6-14(13)11-15/h2-12H,20H2,1H3/t12-/m0/s1. The van der Waals surface area contributed by atoms with Gasteiger partial charge in [0.25, 0.3) is 0 Å². The Morgan fingerprint density at radius 2 is 1.71 bits per heavy atom. The zero-order valence-electron chi connectivity index (χ0n) is 11.7. The average Bonchev–Trinajstić information content (AvgIpc) is 2.47. The number of benzene rings is 3. The Balaban J connectivity index is 2.00. The lowest BCUT2D eigenvalue weighted by atomic mass is 10.1. The Morgan fingerprint density at radius 1 is 0.952 bits per heavy atom. The van der Waals surface area contributed by atoms with Crippen molar-refractivity contribution in [1.82, 2.24) is 0 Å². The van der Waals surface area contributed by atoms with Gasteiger partial charge in [0.05, 0.1) is 0 Å². The smallest absolute Gasteiger partial charge is 0.129 e. The summed E-state index contributed by atoms with van der Waals surface area (Å²) in [7, 11) is 0. The molecule has 21 heavy (non-hydrogen) atoms. The molecule has 0 radical (unpaired) electrons. The van der Waals surface area contributed by atoms with E-state index in [1.807, 2.05) is 25.1 Å². The molecule has 0 aliphatic heterocycles. The highest BCUT2D eigenvalue weighted by atomic mass is 32.2. The molecule has 3 heteroatoms. The topological polar surface area (TPSA) is 26.0 Å². The molecule has 0 spiro atoms. The molecule has 1 nitrogen and oxygen atoms in total. The highest BCUT2D eigenvalue weighted by Crippen LogP contribution is 2.35. The molecule has 1 atom stereocenters. The van der Waals surface area contributed by atoms with E-state index in [0.717, 1.165) is 9.79 Å². The molecule has 106 valence electrons. The zero-order chi connectivity index (χ0) is 14.8. The minimum atomic E-state index is -0.325. The average molecular weight is 297 g/mol. The van der Waals surface area contributed by atoms with Gasteiger partial charge in [0.2, 0.25) is 0 Å². The lowest BCUT2D eigenvalue weighted by Gasteiger charge is -2.13. The van der Waals surface area contributed by atoms with E-state index in [1.165, 1.54) is 16.8 Å². The van der Waals surface area contributed by atoms with Crippen molar-refractivity contribution in [3.05, 3.63) is 72.0 Å². The first-order valence-electron chi connectivity index (χ1n) is 6.86. The highest BCUT2D eigenvalue weighted by molar-refractivity contribution is 7.99. The SMILES string of the molecule is C[C@H](N)c1c(F)cccc1Sc1ccc2ccccc2c1. The van der Waals surface area contributed by atoms with E-state index < -0.39 is 0 Å². The molecule has 3 rings (SSSR count). The molecule has 0 aliphatic carbocycles. The lowest BCUT2D eigenvalue weighted by molar-refractivity contribution is 0.585. The van der Waals surface area contributed by atoms with E-state index in [4.69, 9.17) is 5.73 Å². The van der Waals surface area contributed by atoms with E-state index in [9.17, 15) is 4.39 Å². The van der Waals surface area contributed by atoms with Gasteiger partial charge in [-0.3, -0.25) is 0 Å². The van der Waals surface area contributed by atoms with Crippen LogP contribution in [-0.4, -0.2) is 0 Å². The molecule has 0 saturated heterocycles. The molecule has 0 heterocycles. The van der Waals surface area contributed by atoms with Crippen molar-refractivity contribution in [2.75, 3.05) is 0 Å².